The molecule has 142 valence electrons. The summed E-state index contributed by atoms with van der Waals surface area (Å²) in [5.41, 5.74) is 0.391. The maximum atomic E-state index is 12.5. The number of esters is 1. The lowest BCUT2D eigenvalue weighted by Gasteiger charge is -2.09. The second-order valence-corrected chi connectivity index (χ2v) is 8.46. The summed E-state index contributed by atoms with van der Waals surface area (Å²) < 4.78 is 39.1. The first-order chi connectivity index (χ1) is 13.0. The zero-order chi connectivity index (χ0) is 19.4. The van der Waals surface area contributed by atoms with Crippen LogP contribution in [0.3, 0.4) is 0 Å². The summed E-state index contributed by atoms with van der Waals surface area (Å²) in [6.07, 6.45) is 0.776. The minimum Gasteiger partial charge on any atom is -0.491 e. The van der Waals surface area contributed by atoms with Crippen molar-refractivity contribution in [1.29, 1.82) is 0 Å². The second kappa shape index (κ2) is 7.98. The Morgan fingerprint density at radius 1 is 1.15 bits per heavy atom. The molecule has 8 heteroatoms. The number of fused-ring (bicyclic) bond motifs is 1. The number of hydrogen-bond acceptors (Lipinski definition) is 6. The summed E-state index contributed by atoms with van der Waals surface area (Å²) in [5, 5.41) is 0.669. The smallest absolute Gasteiger partial charge is 0.351 e. The highest BCUT2D eigenvalue weighted by atomic mass is 32.2. The van der Waals surface area contributed by atoms with Crippen LogP contribution in [0.5, 0.6) is 5.75 Å². The molecule has 0 amide bonds. The molecule has 0 radical (unpaired) electrons. The van der Waals surface area contributed by atoms with Crippen LogP contribution in [0.4, 0.5) is 5.69 Å². The summed E-state index contributed by atoms with van der Waals surface area (Å²) in [6, 6.07) is 13.2. The van der Waals surface area contributed by atoms with Crippen LogP contribution in [0.25, 0.3) is 10.1 Å². The molecule has 3 aromatic rings. The fraction of sp³-hybridized carbons (Fsp3) is 0.211. The number of rotatable bonds is 7. The van der Waals surface area contributed by atoms with Gasteiger partial charge < -0.3 is 9.47 Å². The molecule has 6 nitrogen and oxygen atoms in total. The van der Waals surface area contributed by atoms with Gasteiger partial charge in [0.05, 0.1) is 18.6 Å². The van der Waals surface area contributed by atoms with E-state index in [1.165, 1.54) is 30.6 Å². The Hall–Kier alpha value is -2.58. The van der Waals surface area contributed by atoms with Crippen LogP contribution in [0.2, 0.25) is 0 Å². The number of methoxy groups -OCH3 is 1. The van der Waals surface area contributed by atoms with Gasteiger partial charge in [-0.25, -0.2) is 13.2 Å². The number of benzene rings is 2. The number of carbonyl (C=O) groups is 1. The first-order valence-corrected chi connectivity index (χ1v) is 10.6. The molecule has 0 aliphatic heterocycles. The zero-order valence-electron chi connectivity index (χ0n) is 14.9. The van der Waals surface area contributed by atoms with Crippen molar-refractivity contribution in [2.75, 3.05) is 18.4 Å². The molecule has 0 saturated heterocycles. The van der Waals surface area contributed by atoms with E-state index in [0.717, 1.165) is 11.1 Å². The molecule has 27 heavy (non-hydrogen) atoms. The van der Waals surface area contributed by atoms with Gasteiger partial charge in [0.2, 0.25) is 0 Å². The van der Waals surface area contributed by atoms with Crippen molar-refractivity contribution in [2.24, 2.45) is 0 Å². The summed E-state index contributed by atoms with van der Waals surface area (Å²) in [5.74, 6) is -0.0572. The van der Waals surface area contributed by atoms with E-state index in [0.29, 0.717) is 28.3 Å². The minimum absolute atomic E-state index is 0.174. The van der Waals surface area contributed by atoms with E-state index in [1.54, 1.807) is 36.4 Å². The topological polar surface area (TPSA) is 81.7 Å². The highest BCUT2D eigenvalue weighted by molar-refractivity contribution is 7.92. The Labute approximate surface area is 161 Å². The summed E-state index contributed by atoms with van der Waals surface area (Å²) in [4.78, 5) is 12.6. The number of carbonyl (C=O) groups excluding carboxylic acids is 1. The van der Waals surface area contributed by atoms with Crippen molar-refractivity contribution in [3.63, 3.8) is 0 Å². The maximum absolute atomic E-state index is 12.5. The zero-order valence-corrected chi connectivity index (χ0v) is 16.5. The molecule has 0 aliphatic carbocycles. The first kappa shape index (κ1) is 19.2. The highest BCUT2D eigenvalue weighted by Crippen LogP contribution is 2.40. The van der Waals surface area contributed by atoms with Crippen molar-refractivity contribution >= 4 is 43.1 Å². The molecule has 0 aliphatic rings. The number of anilines is 1. The lowest BCUT2D eigenvalue weighted by molar-refractivity contribution is 0.0602. The Morgan fingerprint density at radius 3 is 2.56 bits per heavy atom. The molecule has 1 aromatic heterocycles. The predicted molar refractivity (Wildman–Crippen MR) is 106 cm³/mol. The number of hydrogen-bond donors (Lipinski definition) is 1. The van der Waals surface area contributed by atoms with E-state index in [-0.39, 0.29) is 4.90 Å². The van der Waals surface area contributed by atoms with E-state index < -0.39 is 16.0 Å². The normalized spacial score (nSPS) is 11.3. The molecule has 2 aromatic carbocycles. The van der Waals surface area contributed by atoms with Gasteiger partial charge in [-0.3, -0.25) is 4.72 Å². The van der Waals surface area contributed by atoms with E-state index in [9.17, 15) is 13.2 Å². The molecule has 1 N–H and O–H groups in total. The molecule has 0 spiro atoms. The Morgan fingerprint density at radius 2 is 1.89 bits per heavy atom. The Balaban J connectivity index is 2.02. The lowest BCUT2D eigenvalue weighted by Crippen LogP contribution is -2.12. The highest BCUT2D eigenvalue weighted by Gasteiger charge is 2.22. The number of ether oxygens (including phenoxy) is 2. The van der Waals surface area contributed by atoms with Crippen molar-refractivity contribution < 1.29 is 22.7 Å². The second-order valence-electron chi connectivity index (χ2n) is 5.73. The van der Waals surface area contributed by atoms with E-state index in [1.807, 2.05) is 6.92 Å². The number of thiophene rings is 1. The molecule has 3 rings (SSSR count). The van der Waals surface area contributed by atoms with Crippen LogP contribution in [0.1, 0.15) is 23.0 Å². The average Bonchev–Trinajstić information content (AvgIpc) is 3.04. The van der Waals surface area contributed by atoms with Gasteiger partial charge in [-0.1, -0.05) is 25.1 Å². The third-order valence-electron chi connectivity index (χ3n) is 3.77. The fourth-order valence-electron chi connectivity index (χ4n) is 2.53. The molecule has 0 fully saturated rings. The van der Waals surface area contributed by atoms with E-state index in [2.05, 4.69) is 4.72 Å². The number of nitrogens with one attached hydrogen (secondary N) is 1. The van der Waals surface area contributed by atoms with Crippen LogP contribution >= 0.6 is 11.3 Å². The van der Waals surface area contributed by atoms with E-state index in [4.69, 9.17) is 9.47 Å². The van der Waals surface area contributed by atoms with Gasteiger partial charge in [0.15, 0.2) is 10.6 Å². The predicted octanol–water partition coefficient (Wildman–Crippen LogP) is 4.28. The van der Waals surface area contributed by atoms with Crippen molar-refractivity contribution in [3.8, 4) is 5.75 Å². The molecule has 1 heterocycles. The lowest BCUT2D eigenvalue weighted by atomic mass is 10.2. The average molecular weight is 405 g/mol. The van der Waals surface area contributed by atoms with E-state index >= 15 is 0 Å². The van der Waals surface area contributed by atoms with Gasteiger partial charge in [0.25, 0.3) is 10.0 Å². The van der Waals surface area contributed by atoms with Crippen LogP contribution in [0, 0.1) is 0 Å². The molecule has 0 atom stereocenters. The maximum Gasteiger partial charge on any atom is 0.351 e. The Kier molecular flexibility index (Phi) is 5.67. The van der Waals surface area contributed by atoms with Crippen LogP contribution in [0.15, 0.2) is 53.4 Å². The molecular weight excluding hydrogens is 386 g/mol. The van der Waals surface area contributed by atoms with Crippen molar-refractivity contribution in [2.45, 2.75) is 18.2 Å². The Bertz CT molecular complexity index is 1060. The molecule has 0 unspecified atom stereocenters. The van der Waals surface area contributed by atoms with Gasteiger partial charge in [0, 0.05) is 15.8 Å². The molecular formula is C19H19NO5S2. The van der Waals surface area contributed by atoms with Crippen molar-refractivity contribution in [3.05, 3.63) is 53.4 Å². The number of sulfonamides is 1. The van der Waals surface area contributed by atoms with Gasteiger partial charge in [-0.2, -0.15) is 0 Å². The quantitative estimate of drug-likeness (QED) is 0.594. The van der Waals surface area contributed by atoms with Gasteiger partial charge in [-0.15, -0.1) is 11.3 Å². The molecule has 0 bridgehead atoms. The fourth-order valence-corrected chi connectivity index (χ4v) is 4.64. The third-order valence-corrected chi connectivity index (χ3v) is 6.30. The van der Waals surface area contributed by atoms with Crippen LogP contribution < -0.4 is 9.46 Å². The largest absolute Gasteiger partial charge is 0.491 e. The summed E-state index contributed by atoms with van der Waals surface area (Å²) in [6.45, 7) is 2.40. The van der Waals surface area contributed by atoms with Gasteiger partial charge in [-0.05, 0) is 36.8 Å². The SMILES string of the molecule is CCCOc1c(C(=O)OC)sc2ccc(NS(=O)(=O)c3ccccc3)cc12. The first-order valence-electron chi connectivity index (χ1n) is 8.31. The minimum atomic E-state index is -3.71. The summed E-state index contributed by atoms with van der Waals surface area (Å²) in [7, 11) is -2.39. The molecule has 0 saturated carbocycles. The van der Waals surface area contributed by atoms with Crippen LogP contribution in [-0.4, -0.2) is 28.1 Å². The van der Waals surface area contributed by atoms with Crippen molar-refractivity contribution in [1.82, 2.24) is 0 Å². The third kappa shape index (κ3) is 4.06. The van der Waals surface area contributed by atoms with Gasteiger partial charge >= 0.3 is 5.97 Å². The van der Waals surface area contributed by atoms with Gasteiger partial charge in [0.1, 0.15) is 0 Å². The monoisotopic (exact) mass is 405 g/mol. The standard InChI is InChI=1S/C19H19NO5S2/c1-3-11-25-17-15-12-13(9-10-16(15)26-18(17)19(21)24-2)20-27(22,23)14-7-5-4-6-8-14/h4-10,12,20H,3,11H2,1-2H3. The summed E-state index contributed by atoms with van der Waals surface area (Å²) >= 11 is 1.25. The van der Waals surface area contributed by atoms with Crippen LogP contribution in [-0.2, 0) is 14.8 Å².